The highest BCUT2D eigenvalue weighted by molar-refractivity contribution is 6.31. The van der Waals surface area contributed by atoms with Crippen molar-refractivity contribution in [1.29, 1.82) is 0 Å². The Hall–Kier alpha value is -1.66. The van der Waals surface area contributed by atoms with E-state index in [-0.39, 0.29) is 35.5 Å². The van der Waals surface area contributed by atoms with Gasteiger partial charge in [0.05, 0.1) is 11.5 Å². The third-order valence-corrected chi connectivity index (χ3v) is 3.74. The molecule has 0 atom stereocenters. The first-order valence-corrected chi connectivity index (χ1v) is 6.78. The normalized spacial score (nSPS) is 14.7. The van der Waals surface area contributed by atoms with E-state index in [2.05, 4.69) is 0 Å². The van der Waals surface area contributed by atoms with E-state index in [0.29, 0.717) is 0 Å². The van der Waals surface area contributed by atoms with Crippen LogP contribution in [0.5, 0.6) is 0 Å². The third-order valence-electron chi connectivity index (χ3n) is 3.50. The highest BCUT2D eigenvalue weighted by Crippen LogP contribution is 2.29. The number of carbonyl (C=O) groups excluding carboxylic acids is 1. The first kappa shape index (κ1) is 14.7. The zero-order chi connectivity index (χ0) is 14.7. The highest BCUT2D eigenvalue weighted by atomic mass is 35.5. The molecule has 0 spiro atoms. The molecule has 0 aliphatic heterocycles. The average Bonchev–Trinajstić information content (AvgIpc) is 2.34. The van der Waals surface area contributed by atoms with Gasteiger partial charge in [-0.1, -0.05) is 11.6 Å². The first-order chi connectivity index (χ1) is 9.54. The van der Waals surface area contributed by atoms with Gasteiger partial charge >= 0.3 is 0 Å². The topological polar surface area (TPSA) is 83.7 Å². The van der Waals surface area contributed by atoms with Gasteiger partial charge in [-0.25, -0.2) is 0 Å². The molecule has 1 aliphatic carbocycles. The van der Waals surface area contributed by atoms with E-state index >= 15 is 0 Å². The van der Waals surface area contributed by atoms with Crippen molar-refractivity contribution < 1.29 is 14.8 Å². The van der Waals surface area contributed by atoms with Crippen molar-refractivity contribution in [3.63, 3.8) is 0 Å². The molecular weight excluding hydrogens is 284 g/mol. The number of carbonyl (C=O) groups is 1. The van der Waals surface area contributed by atoms with Gasteiger partial charge in [0, 0.05) is 23.7 Å². The van der Waals surface area contributed by atoms with Gasteiger partial charge in [0.1, 0.15) is 5.56 Å². The van der Waals surface area contributed by atoms with Crippen LogP contribution in [0, 0.1) is 10.1 Å². The predicted molar refractivity (Wildman–Crippen MR) is 73.9 cm³/mol. The Labute approximate surface area is 121 Å². The van der Waals surface area contributed by atoms with Gasteiger partial charge < -0.3 is 10.0 Å². The number of aliphatic hydroxyl groups is 1. The molecule has 0 unspecified atom stereocenters. The van der Waals surface area contributed by atoms with Crippen LogP contribution in [0.15, 0.2) is 18.2 Å². The summed E-state index contributed by atoms with van der Waals surface area (Å²) < 4.78 is 0. The molecule has 2 rings (SSSR count). The molecule has 108 valence electrons. The Morgan fingerprint density at radius 1 is 1.50 bits per heavy atom. The maximum atomic E-state index is 12.5. The molecule has 1 saturated carbocycles. The molecule has 1 aliphatic rings. The Kier molecular flexibility index (Phi) is 4.57. The molecule has 0 aromatic heterocycles. The molecule has 0 radical (unpaired) electrons. The molecule has 1 N–H and O–H groups in total. The van der Waals surface area contributed by atoms with Gasteiger partial charge in [0.15, 0.2) is 0 Å². The first-order valence-electron chi connectivity index (χ1n) is 6.40. The van der Waals surface area contributed by atoms with E-state index in [1.54, 1.807) is 0 Å². The second-order valence-corrected chi connectivity index (χ2v) is 5.16. The number of nitrogens with zero attached hydrogens (tertiary/aromatic N) is 2. The van der Waals surface area contributed by atoms with Crippen LogP contribution in [0.4, 0.5) is 5.69 Å². The minimum atomic E-state index is -0.596. The fourth-order valence-corrected chi connectivity index (χ4v) is 2.42. The zero-order valence-electron chi connectivity index (χ0n) is 10.8. The van der Waals surface area contributed by atoms with Crippen molar-refractivity contribution in [3.8, 4) is 0 Å². The number of benzene rings is 1. The van der Waals surface area contributed by atoms with Crippen molar-refractivity contribution >= 4 is 23.2 Å². The van der Waals surface area contributed by atoms with Crippen LogP contribution in [-0.4, -0.2) is 40.0 Å². The lowest BCUT2D eigenvalue weighted by molar-refractivity contribution is -0.385. The van der Waals surface area contributed by atoms with Crippen LogP contribution in [0.25, 0.3) is 0 Å². The summed E-state index contributed by atoms with van der Waals surface area (Å²) in [5.74, 6) is -0.446. The summed E-state index contributed by atoms with van der Waals surface area (Å²) in [4.78, 5) is 24.4. The fraction of sp³-hybridized carbons (Fsp3) is 0.462. The monoisotopic (exact) mass is 298 g/mol. The molecule has 0 heterocycles. The molecule has 20 heavy (non-hydrogen) atoms. The number of aliphatic hydroxyl groups excluding tert-OH is 1. The number of hydrogen-bond donors (Lipinski definition) is 1. The second kappa shape index (κ2) is 6.19. The summed E-state index contributed by atoms with van der Waals surface area (Å²) in [7, 11) is 0. The van der Waals surface area contributed by atoms with E-state index in [1.165, 1.54) is 23.1 Å². The number of hydrogen-bond acceptors (Lipinski definition) is 4. The molecule has 1 aromatic carbocycles. The SMILES string of the molecule is O=C(c1cc(Cl)ccc1[N+](=O)[O-])N(CCO)C1CCC1. The Morgan fingerprint density at radius 2 is 2.20 bits per heavy atom. The van der Waals surface area contributed by atoms with E-state index in [1.807, 2.05) is 0 Å². The molecule has 0 bridgehead atoms. The van der Waals surface area contributed by atoms with Gasteiger partial charge in [-0.15, -0.1) is 0 Å². The largest absolute Gasteiger partial charge is 0.395 e. The number of halogens is 1. The highest BCUT2D eigenvalue weighted by Gasteiger charge is 2.32. The van der Waals surface area contributed by atoms with Crippen LogP contribution >= 0.6 is 11.6 Å². The molecule has 1 fully saturated rings. The zero-order valence-corrected chi connectivity index (χ0v) is 11.5. The number of rotatable bonds is 5. The van der Waals surface area contributed by atoms with Crippen LogP contribution in [-0.2, 0) is 0 Å². The van der Waals surface area contributed by atoms with Gasteiger partial charge in [0.25, 0.3) is 11.6 Å². The van der Waals surface area contributed by atoms with Crippen LogP contribution < -0.4 is 0 Å². The Bertz CT molecular complexity index is 531. The molecule has 6 nitrogen and oxygen atoms in total. The van der Waals surface area contributed by atoms with Crippen LogP contribution in [0.2, 0.25) is 5.02 Å². The number of nitro groups is 1. The standard InChI is InChI=1S/C13H15ClN2O4/c14-9-4-5-12(16(19)20)11(8-9)13(18)15(6-7-17)10-2-1-3-10/h4-5,8,10,17H,1-3,6-7H2. The number of amides is 1. The van der Waals surface area contributed by atoms with Crippen molar-refractivity contribution in [2.24, 2.45) is 0 Å². The quantitative estimate of drug-likeness (QED) is 0.667. The summed E-state index contributed by atoms with van der Waals surface area (Å²) in [6.45, 7) is 0.00374. The summed E-state index contributed by atoms with van der Waals surface area (Å²) in [5.41, 5.74) is -0.287. The Morgan fingerprint density at radius 3 is 2.70 bits per heavy atom. The molecule has 0 saturated heterocycles. The van der Waals surface area contributed by atoms with Crippen LogP contribution in [0.3, 0.4) is 0 Å². The lowest BCUT2D eigenvalue weighted by atomic mass is 9.91. The molecular formula is C13H15ClN2O4. The van der Waals surface area contributed by atoms with Crippen molar-refractivity contribution in [1.82, 2.24) is 4.90 Å². The molecule has 7 heteroatoms. The lowest BCUT2D eigenvalue weighted by Crippen LogP contribution is -2.45. The van der Waals surface area contributed by atoms with E-state index in [0.717, 1.165) is 19.3 Å². The minimum Gasteiger partial charge on any atom is -0.395 e. The van der Waals surface area contributed by atoms with Gasteiger partial charge in [-0.2, -0.15) is 0 Å². The predicted octanol–water partition coefficient (Wildman–Crippen LogP) is 2.24. The Balaban J connectivity index is 2.34. The summed E-state index contributed by atoms with van der Waals surface area (Å²) >= 11 is 5.83. The lowest BCUT2D eigenvalue weighted by Gasteiger charge is -2.37. The van der Waals surface area contributed by atoms with E-state index in [9.17, 15) is 14.9 Å². The summed E-state index contributed by atoms with van der Waals surface area (Å²) in [6, 6.07) is 3.97. The van der Waals surface area contributed by atoms with Crippen molar-refractivity contribution in [3.05, 3.63) is 38.9 Å². The van der Waals surface area contributed by atoms with Gasteiger partial charge in [0.2, 0.25) is 0 Å². The minimum absolute atomic E-state index is 0.0251. The molecule has 1 aromatic rings. The van der Waals surface area contributed by atoms with Crippen molar-refractivity contribution in [2.75, 3.05) is 13.2 Å². The smallest absolute Gasteiger partial charge is 0.282 e. The third kappa shape index (κ3) is 2.91. The van der Waals surface area contributed by atoms with Crippen LogP contribution in [0.1, 0.15) is 29.6 Å². The van der Waals surface area contributed by atoms with E-state index < -0.39 is 10.8 Å². The second-order valence-electron chi connectivity index (χ2n) is 4.73. The average molecular weight is 299 g/mol. The van der Waals surface area contributed by atoms with E-state index in [4.69, 9.17) is 16.7 Å². The molecule has 1 amide bonds. The maximum Gasteiger partial charge on any atom is 0.282 e. The van der Waals surface area contributed by atoms with Gasteiger partial charge in [-0.05, 0) is 31.4 Å². The van der Waals surface area contributed by atoms with Crippen molar-refractivity contribution in [2.45, 2.75) is 25.3 Å². The fourth-order valence-electron chi connectivity index (χ4n) is 2.25. The van der Waals surface area contributed by atoms with Gasteiger partial charge in [-0.3, -0.25) is 14.9 Å². The maximum absolute atomic E-state index is 12.5. The summed E-state index contributed by atoms with van der Waals surface area (Å²) in [6.07, 6.45) is 2.75. The number of nitro benzene ring substituents is 1. The summed E-state index contributed by atoms with van der Waals surface area (Å²) in [5, 5.41) is 20.4.